The van der Waals surface area contributed by atoms with Gasteiger partial charge in [-0.3, -0.25) is 4.98 Å². The quantitative estimate of drug-likeness (QED) is 0.689. The lowest BCUT2D eigenvalue weighted by molar-refractivity contribution is 0.509. The molecular formula is C16H9Cl2F2N3. The molecule has 0 radical (unpaired) electrons. The van der Waals surface area contributed by atoms with Crippen molar-refractivity contribution in [3.8, 4) is 6.07 Å². The maximum absolute atomic E-state index is 13.3. The van der Waals surface area contributed by atoms with Gasteiger partial charge in [0.15, 0.2) is 11.6 Å². The van der Waals surface area contributed by atoms with E-state index in [1.54, 1.807) is 18.2 Å². The van der Waals surface area contributed by atoms with Crippen molar-refractivity contribution in [2.24, 2.45) is 0 Å². The molecule has 1 heterocycles. The number of nitrogens with one attached hydrogen (secondary N) is 1. The third kappa shape index (κ3) is 3.34. The Balaban J connectivity index is 0.00000192. The van der Waals surface area contributed by atoms with E-state index in [4.69, 9.17) is 11.6 Å². The van der Waals surface area contributed by atoms with Gasteiger partial charge in [0, 0.05) is 28.4 Å². The van der Waals surface area contributed by atoms with E-state index in [1.807, 2.05) is 6.07 Å². The molecule has 3 aromatic rings. The fourth-order valence-electron chi connectivity index (χ4n) is 2.10. The molecule has 0 saturated heterocycles. The summed E-state index contributed by atoms with van der Waals surface area (Å²) in [6.07, 6.45) is 1.42. The van der Waals surface area contributed by atoms with E-state index in [0.717, 1.165) is 12.1 Å². The van der Waals surface area contributed by atoms with Crippen molar-refractivity contribution in [1.82, 2.24) is 4.98 Å². The van der Waals surface area contributed by atoms with Crippen molar-refractivity contribution in [2.75, 3.05) is 5.32 Å². The second-order valence-corrected chi connectivity index (χ2v) is 5.01. The number of halogens is 4. The van der Waals surface area contributed by atoms with Gasteiger partial charge in [0.1, 0.15) is 6.07 Å². The molecule has 0 saturated carbocycles. The van der Waals surface area contributed by atoms with Crippen LogP contribution < -0.4 is 5.32 Å². The third-order valence-electron chi connectivity index (χ3n) is 3.14. The van der Waals surface area contributed by atoms with Gasteiger partial charge in [0.05, 0.1) is 16.8 Å². The van der Waals surface area contributed by atoms with Crippen LogP contribution in [0.4, 0.5) is 20.2 Å². The van der Waals surface area contributed by atoms with Crippen LogP contribution in [0.5, 0.6) is 0 Å². The zero-order chi connectivity index (χ0) is 15.7. The van der Waals surface area contributed by atoms with Gasteiger partial charge < -0.3 is 5.32 Å². The van der Waals surface area contributed by atoms with Gasteiger partial charge in [0.25, 0.3) is 0 Å². The zero-order valence-corrected chi connectivity index (χ0v) is 13.1. The van der Waals surface area contributed by atoms with Gasteiger partial charge in [0.2, 0.25) is 0 Å². The van der Waals surface area contributed by atoms with Gasteiger partial charge in [-0.25, -0.2) is 8.78 Å². The molecule has 0 amide bonds. The predicted octanol–water partition coefficient (Wildman–Crippen LogP) is 5.20. The second kappa shape index (κ2) is 6.78. The minimum atomic E-state index is -0.972. The molecule has 0 aliphatic heterocycles. The summed E-state index contributed by atoms with van der Waals surface area (Å²) in [4.78, 5) is 4.17. The Morgan fingerprint density at radius 2 is 1.87 bits per heavy atom. The van der Waals surface area contributed by atoms with E-state index in [2.05, 4.69) is 10.3 Å². The van der Waals surface area contributed by atoms with Crippen LogP contribution in [0.2, 0.25) is 5.02 Å². The Kier molecular flexibility index (Phi) is 4.99. The number of anilines is 2. The van der Waals surface area contributed by atoms with Gasteiger partial charge in [-0.15, -0.1) is 12.4 Å². The SMILES string of the molecule is Cl.N#Cc1cnc2ccc(Cl)cc2c1Nc1ccc(F)c(F)c1. The lowest BCUT2D eigenvalue weighted by Gasteiger charge is -2.12. The smallest absolute Gasteiger partial charge is 0.160 e. The van der Waals surface area contributed by atoms with E-state index >= 15 is 0 Å². The molecule has 3 nitrogen and oxygen atoms in total. The molecule has 1 aromatic heterocycles. The van der Waals surface area contributed by atoms with Gasteiger partial charge >= 0.3 is 0 Å². The Hall–Kier alpha value is -2.42. The summed E-state index contributed by atoms with van der Waals surface area (Å²) in [6, 6.07) is 10.5. The third-order valence-corrected chi connectivity index (χ3v) is 3.37. The maximum Gasteiger partial charge on any atom is 0.160 e. The van der Waals surface area contributed by atoms with E-state index in [-0.39, 0.29) is 18.0 Å². The van der Waals surface area contributed by atoms with Crippen LogP contribution >= 0.6 is 24.0 Å². The number of nitrogens with zero attached hydrogens (tertiary/aromatic N) is 2. The van der Waals surface area contributed by atoms with Crippen molar-refractivity contribution in [3.63, 3.8) is 0 Å². The first-order chi connectivity index (χ1) is 10.6. The topological polar surface area (TPSA) is 48.7 Å². The molecular weight excluding hydrogens is 343 g/mol. The standard InChI is InChI=1S/C16H8ClF2N3.ClH/c17-10-1-4-15-12(5-10)16(9(7-20)8-21-15)22-11-2-3-13(18)14(19)6-11;/h1-6,8H,(H,21,22);1H. The normalized spacial score (nSPS) is 10.0. The summed E-state index contributed by atoms with van der Waals surface area (Å²) in [5, 5.41) is 13.3. The van der Waals surface area contributed by atoms with Crippen LogP contribution in [0.25, 0.3) is 10.9 Å². The highest BCUT2D eigenvalue weighted by Crippen LogP contribution is 2.31. The highest BCUT2D eigenvalue weighted by atomic mass is 35.5. The van der Waals surface area contributed by atoms with Crippen LogP contribution in [0.3, 0.4) is 0 Å². The monoisotopic (exact) mass is 351 g/mol. The van der Waals surface area contributed by atoms with Gasteiger partial charge in [-0.1, -0.05) is 11.6 Å². The molecule has 0 bridgehead atoms. The Bertz CT molecular complexity index is 923. The van der Waals surface area contributed by atoms with Gasteiger partial charge in [-0.2, -0.15) is 5.26 Å². The van der Waals surface area contributed by atoms with E-state index in [0.29, 0.717) is 27.3 Å². The summed E-state index contributed by atoms with van der Waals surface area (Å²) < 4.78 is 26.3. The number of aromatic nitrogens is 1. The average molecular weight is 352 g/mol. The van der Waals surface area contributed by atoms with E-state index in [9.17, 15) is 14.0 Å². The fraction of sp³-hybridized carbons (Fsp3) is 0. The number of pyridine rings is 1. The fourth-order valence-corrected chi connectivity index (χ4v) is 2.27. The van der Waals surface area contributed by atoms with Crippen LogP contribution in [0.15, 0.2) is 42.6 Å². The molecule has 116 valence electrons. The first-order valence-corrected chi connectivity index (χ1v) is 6.67. The number of nitriles is 1. The first-order valence-electron chi connectivity index (χ1n) is 6.29. The van der Waals surface area contributed by atoms with Crippen molar-refractivity contribution in [1.29, 1.82) is 5.26 Å². The Labute approximate surface area is 141 Å². The highest BCUT2D eigenvalue weighted by molar-refractivity contribution is 6.31. The first kappa shape index (κ1) is 16.9. The zero-order valence-electron chi connectivity index (χ0n) is 11.5. The van der Waals surface area contributed by atoms with E-state index in [1.165, 1.54) is 12.3 Å². The molecule has 0 fully saturated rings. The predicted molar refractivity (Wildman–Crippen MR) is 88.4 cm³/mol. The minimum absolute atomic E-state index is 0. The molecule has 0 aliphatic carbocycles. The summed E-state index contributed by atoms with van der Waals surface area (Å²) in [7, 11) is 0. The largest absolute Gasteiger partial charge is 0.354 e. The molecule has 23 heavy (non-hydrogen) atoms. The molecule has 0 aliphatic rings. The number of rotatable bonds is 2. The van der Waals surface area contributed by atoms with Crippen molar-refractivity contribution < 1.29 is 8.78 Å². The molecule has 3 rings (SSSR count). The van der Waals surface area contributed by atoms with Gasteiger partial charge in [-0.05, 0) is 30.3 Å². The van der Waals surface area contributed by atoms with E-state index < -0.39 is 11.6 Å². The van der Waals surface area contributed by atoms with Crippen LogP contribution in [-0.2, 0) is 0 Å². The van der Waals surface area contributed by atoms with Crippen molar-refractivity contribution in [3.05, 3.63) is 64.8 Å². The van der Waals surface area contributed by atoms with Crippen LogP contribution in [0.1, 0.15) is 5.56 Å². The molecule has 0 unspecified atom stereocenters. The minimum Gasteiger partial charge on any atom is -0.354 e. The molecule has 2 aromatic carbocycles. The van der Waals surface area contributed by atoms with Crippen LogP contribution in [-0.4, -0.2) is 4.98 Å². The number of benzene rings is 2. The van der Waals surface area contributed by atoms with Crippen molar-refractivity contribution >= 4 is 46.3 Å². The summed E-state index contributed by atoms with van der Waals surface area (Å²) >= 11 is 5.99. The van der Waals surface area contributed by atoms with Crippen LogP contribution in [0, 0.1) is 23.0 Å². The molecule has 0 spiro atoms. The average Bonchev–Trinajstić information content (AvgIpc) is 2.51. The number of fused-ring (bicyclic) bond motifs is 1. The summed E-state index contributed by atoms with van der Waals surface area (Å²) in [5.74, 6) is -1.91. The summed E-state index contributed by atoms with van der Waals surface area (Å²) in [5.41, 5.74) is 1.68. The lowest BCUT2D eigenvalue weighted by Crippen LogP contribution is -1.98. The second-order valence-electron chi connectivity index (χ2n) is 4.57. The number of hydrogen-bond donors (Lipinski definition) is 1. The lowest BCUT2D eigenvalue weighted by atomic mass is 10.1. The Morgan fingerprint density at radius 3 is 2.57 bits per heavy atom. The highest BCUT2D eigenvalue weighted by Gasteiger charge is 2.11. The molecule has 1 N–H and O–H groups in total. The molecule has 0 atom stereocenters. The molecule has 7 heteroatoms. The Morgan fingerprint density at radius 1 is 1.09 bits per heavy atom. The maximum atomic E-state index is 13.3. The summed E-state index contributed by atoms with van der Waals surface area (Å²) in [6.45, 7) is 0. The number of hydrogen-bond acceptors (Lipinski definition) is 3. The van der Waals surface area contributed by atoms with Crippen molar-refractivity contribution in [2.45, 2.75) is 0 Å².